The molecule has 0 aromatic rings. The number of rotatable bonds is 9. The molecule has 0 aliphatic rings. The van der Waals surface area contributed by atoms with Gasteiger partial charge in [-0.1, -0.05) is 6.92 Å². The summed E-state index contributed by atoms with van der Waals surface area (Å²) in [5, 5.41) is 15.6. The summed E-state index contributed by atoms with van der Waals surface area (Å²) in [5.41, 5.74) is 0. The first-order valence-corrected chi connectivity index (χ1v) is 7.81. The minimum absolute atomic E-state index is 0.178. The molecule has 0 aliphatic carbocycles. The molecule has 0 bridgehead atoms. The van der Waals surface area contributed by atoms with Gasteiger partial charge < -0.3 is 15.7 Å². The lowest BCUT2D eigenvalue weighted by Crippen LogP contribution is -2.45. The molecule has 0 fully saturated rings. The predicted octanol–water partition coefficient (Wildman–Crippen LogP) is 1.29. The van der Waals surface area contributed by atoms with Crippen LogP contribution < -0.4 is 10.6 Å². The van der Waals surface area contributed by atoms with E-state index in [9.17, 15) is 0 Å². The SMILES string of the molecule is CCNC(=NCC(C)CO)NCCN(C(C)C)C(C)C. The van der Waals surface area contributed by atoms with Gasteiger partial charge in [-0.3, -0.25) is 9.89 Å². The second kappa shape index (κ2) is 10.9. The van der Waals surface area contributed by atoms with E-state index in [0.717, 1.165) is 25.6 Å². The Bertz CT molecular complexity index is 259. The molecule has 1 atom stereocenters. The number of guanidine groups is 1. The standard InChI is InChI=1S/C15H34N4O/c1-7-16-15(18-10-14(6)11-20)17-8-9-19(12(2)3)13(4)5/h12-14,20H,7-11H2,1-6H3,(H2,16,17,18). The van der Waals surface area contributed by atoms with Crippen molar-refractivity contribution >= 4 is 5.96 Å². The fourth-order valence-corrected chi connectivity index (χ4v) is 2.06. The van der Waals surface area contributed by atoms with Crippen LogP contribution in [-0.4, -0.2) is 60.8 Å². The summed E-state index contributed by atoms with van der Waals surface area (Å²) in [4.78, 5) is 6.94. The Morgan fingerprint density at radius 1 is 1.10 bits per heavy atom. The second-order valence-electron chi connectivity index (χ2n) is 5.86. The van der Waals surface area contributed by atoms with E-state index in [1.807, 2.05) is 6.92 Å². The highest BCUT2D eigenvalue weighted by Gasteiger charge is 2.12. The largest absolute Gasteiger partial charge is 0.396 e. The molecule has 0 saturated heterocycles. The molecule has 1 unspecified atom stereocenters. The zero-order chi connectivity index (χ0) is 15.5. The smallest absolute Gasteiger partial charge is 0.191 e. The molecular weight excluding hydrogens is 252 g/mol. The summed E-state index contributed by atoms with van der Waals surface area (Å²) in [6, 6.07) is 1.09. The number of nitrogens with one attached hydrogen (secondary N) is 2. The molecule has 5 heteroatoms. The molecule has 0 aromatic carbocycles. The van der Waals surface area contributed by atoms with Crippen molar-refractivity contribution in [1.29, 1.82) is 0 Å². The fourth-order valence-electron chi connectivity index (χ4n) is 2.06. The lowest BCUT2D eigenvalue weighted by molar-refractivity contribution is 0.178. The zero-order valence-corrected chi connectivity index (χ0v) is 14.1. The van der Waals surface area contributed by atoms with E-state index in [0.29, 0.717) is 18.6 Å². The highest BCUT2D eigenvalue weighted by atomic mass is 16.3. The summed E-state index contributed by atoms with van der Waals surface area (Å²) in [7, 11) is 0. The highest BCUT2D eigenvalue weighted by molar-refractivity contribution is 5.79. The van der Waals surface area contributed by atoms with E-state index < -0.39 is 0 Å². The summed E-state index contributed by atoms with van der Waals surface area (Å²) in [5.74, 6) is 1.04. The molecule has 0 aromatic heterocycles. The van der Waals surface area contributed by atoms with Gasteiger partial charge in [0.1, 0.15) is 0 Å². The Labute approximate surface area is 124 Å². The molecule has 0 aliphatic heterocycles. The third-order valence-corrected chi connectivity index (χ3v) is 3.21. The molecule has 0 heterocycles. The topological polar surface area (TPSA) is 59.9 Å². The van der Waals surface area contributed by atoms with Crippen molar-refractivity contribution in [2.75, 3.05) is 32.8 Å². The van der Waals surface area contributed by atoms with Crippen molar-refractivity contribution in [2.24, 2.45) is 10.9 Å². The third-order valence-electron chi connectivity index (χ3n) is 3.21. The molecule has 20 heavy (non-hydrogen) atoms. The first kappa shape index (κ1) is 19.2. The molecule has 0 radical (unpaired) electrons. The van der Waals surface area contributed by atoms with Gasteiger partial charge in [-0.05, 0) is 40.5 Å². The van der Waals surface area contributed by atoms with Crippen LogP contribution >= 0.6 is 0 Å². The molecule has 120 valence electrons. The number of nitrogens with zero attached hydrogens (tertiary/aromatic N) is 2. The van der Waals surface area contributed by atoms with Crippen LogP contribution in [-0.2, 0) is 0 Å². The van der Waals surface area contributed by atoms with Gasteiger partial charge in [-0.25, -0.2) is 0 Å². The number of hydrogen-bond acceptors (Lipinski definition) is 3. The Kier molecular flexibility index (Phi) is 10.5. The van der Waals surface area contributed by atoms with Gasteiger partial charge in [0.25, 0.3) is 0 Å². The van der Waals surface area contributed by atoms with Gasteiger partial charge >= 0.3 is 0 Å². The first-order chi connectivity index (χ1) is 9.42. The average molecular weight is 286 g/mol. The Hall–Kier alpha value is -0.810. The van der Waals surface area contributed by atoms with E-state index in [2.05, 4.69) is 55.1 Å². The van der Waals surface area contributed by atoms with Crippen LogP contribution in [0.4, 0.5) is 0 Å². The normalized spacial score (nSPS) is 14.2. The van der Waals surface area contributed by atoms with E-state index >= 15 is 0 Å². The highest BCUT2D eigenvalue weighted by Crippen LogP contribution is 2.03. The van der Waals surface area contributed by atoms with Gasteiger partial charge in [0.05, 0.1) is 0 Å². The molecule has 5 nitrogen and oxygen atoms in total. The van der Waals surface area contributed by atoms with Crippen molar-refractivity contribution < 1.29 is 5.11 Å². The Balaban J connectivity index is 4.26. The van der Waals surface area contributed by atoms with E-state index in [-0.39, 0.29) is 12.5 Å². The third kappa shape index (κ3) is 8.38. The van der Waals surface area contributed by atoms with Crippen molar-refractivity contribution in [1.82, 2.24) is 15.5 Å². The van der Waals surface area contributed by atoms with Crippen LogP contribution in [0.1, 0.15) is 41.5 Å². The van der Waals surface area contributed by atoms with Gasteiger partial charge in [-0.15, -0.1) is 0 Å². The number of aliphatic hydroxyl groups is 1. The number of hydrogen-bond donors (Lipinski definition) is 3. The molecule has 3 N–H and O–H groups in total. The minimum Gasteiger partial charge on any atom is -0.396 e. The van der Waals surface area contributed by atoms with Crippen molar-refractivity contribution in [3.63, 3.8) is 0 Å². The summed E-state index contributed by atoms with van der Waals surface area (Å²) in [6.07, 6.45) is 0. The quantitative estimate of drug-likeness (QED) is 0.441. The van der Waals surface area contributed by atoms with Crippen LogP contribution in [0.15, 0.2) is 4.99 Å². The van der Waals surface area contributed by atoms with Gasteiger partial charge in [0.2, 0.25) is 0 Å². The summed E-state index contributed by atoms with van der Waals surface area (Å²) in [6.45, 7) is 16.5. The van der Waals surface area contributed by atoms with E-state index in [1.165, 1.54) is 0 Å². The van der Waals surface area contributed by atoms with E-state index in [4.69, 9.17) is 5.11 Å². The molecule has 0 amide bonds. The zero-order valence-electron chi connectivity index (χ0n) is 14.1. The van der Waals surface area contributed by atoms with Gasteiger partial charge in [0.15, 0.2) is 5.96 Å². The van der Waals surface area contributed by atoms with E-state index in [1.54, 1.807) is 0 Å². The maximum atomic E-state index is 9.03. The van der Waals surface area contributed by atoms with Gasteiger partial charge in [-0.2, -0.15) is 0 Å². The molecule has 0 spiro atoms. The lowest BCUT2D eigenvalue weighted by Gasteiger charge is -2.30. The predicted molar refractivity (Wildman–Crippen MR) is 87.2 cm³/mol. The Morgan fingerprint density at radius 3 is 2.15 bits per heavy atom. The Morgan fingerprint density at radius 2 is 1.70 bits per heavy atom. The average Bonchev–Trinajstić information content (AvgIpc) is 2.39. The van der Waals surface area contributed by atoms with Crippen LogP contribution in [0, 0.1) is 5.92 Å². The maximum Gasteiger partial charge on any atom is 0.191 e. The molecule has 0 rings (SSSR count). The lowest BCUT2D eigenvalue weighted by atomic mass is 10.2. The second-order valence-corrected chi connectivity index (χ2v) is 5.86. The summed E-state index contributed by atoms with van der Waals surface area (Å²) >= 11 is 0. The number of aliphatic hydroxyl groups excluding tert-OH is 1. The van der Waals surface area contributed by atoms with Crippen LogP contribution in [0.3, 0.4) is 0 Å². The summed E-state index contributed by atoms with van der Waals surface area (Å²) < 4.78 is 0. The maximum absolute atomic E-state index is 9.03. The van der Waals surface area contributed by atoms with Crippen LogP contribution in [0.2, 0.25) is 0 Å². The monoisotopic (exact) mass is 286 g/mol. The first-order valence-electron chi connectivity index (χ1n) is 7.81. The molecule has 0 saturated carbocycles. The van der Waals surface area contributed by atoms with Gasteiger partial charge in [0, 0.05) is 44.9 Å². The fraction of sp³-hybridized carbons (Fsp3) is 0.933. The molecular formula is C15H34N4O. The van der Waals surface area contributed by atoms with Crippen molar-refractivity contribution in [3.8, 4) is 0 Å². The number of aliphatic imine (C=N–C) groups is 1. The van der Waals surface area contributed by atoms with Crippen molar-refractivity contribution in [3.05, 3.63) is 0 Å². The van der Waals surface area contributed by atoms with Crippen LogP contribution in [0.5, 0.6) is 0 Å². The minimum atomic E-state index is 0.178. The van der Waals surface area contributed by atoms with Crippen LogP contribution in [0.25, 0.3) is 0 Å². The van der Waals surface area contributed by atoms with Crippen molar-refractivity contribution in [2.45, 2.75) is 53.6 Å².